The molecule has 9 nitrogen and oxygen atoms in total. The fourth-order valence-corrected chi connectivity index (χ4v) is 4.35. The van der Waals surface area contributed by atoms with Gasteiger partial charge < -0.3 is 24.0 Å². The van der Waals surface area contributed by atoms with Crippen molar-refractivity contribution in [1.82, 2.24) is 19.8 Å². The first-order chi connectivity index (χ1) is 15.3. The molecule has 0 N–H and O–H groups in total. The zero-order chi connectivity index (χ0) is 21.0. The summed E-state index contributed by atoms with van der Waals surface area (Å²) in [6.07, 6.45) is 2.51. The minimum atomic E-state index is 0.0589. The van der Waals surface area contributed by atoms with Gasteiger partial charge in [0.25, 0.3) is 0 Å². The summed E-state index contributed by atoms with van der Waals surface area (Å²) in [5.74, 6) is 0.738. The van der Waals surface area contributed by atoms with Crippen LogP contribution in [0.3, 0.4) is 0 Å². The van der Waals surface area contributed by atoms with Crippen LogP contribution < -0.4 is 9.64 Å². The maximum absolute atomic E-state index is 11.9. The summed E-state index contributed by atoms with van der Waals surface area (Å²) in [5, 5.41) is 0.945. The van der Waals surface area contributed by atoms with E-state index in [9.17, 15) is 4.79 Å². The van der Waals surface area contributed by atoms with Crippen molar-refractivity contribution in [2.24, 2.45) is 0 Å². The zero-order valence-corrected chi connectivity index (χ0v) is 17.7. The Bertz CT molecular complexity index is 912. The van der Waals surface area contributed by atoms with Gasteiger partial charge in [0.2, 0.25) is 11.8 Å². The number of fused-ring (bicyclic) bond motifs is 1. The van der Waals surface area contributed by atoms with Crippen LogP contribution in [0.5, 0.6) is 5.88 Å². The first-order valence-electron chi connectivity index (χ1n) is 11.1. The van der Waals surface area contributed by atoms with Crippen molar-refractivity contribution in [1.29, 1.82) is 0 Å². The van der Waals surface area contributed by atoms with Crippen molar-refractivity contribution in [3.05, 3.63) is 24.5 Å². The SMILES string of the molecule is O=C1COCCN1CCN1CCN(c2ccc3ncnc(OC4CCOC4)c3c2)CC1. The molecular weight excluding hydrogens is 398 g/mol. The van der Waals surface area contributed by atoms with Crippen LogP contribution in [-0.2, 0) is 14.3 Å². The molecule has 3 fully saturated rings. The van der Waals surface area contributed by atoms with Gasteiger partial charge in [-0.1, -0.05) is 0 Å². The predicted molar refractivity (Wildman–Crippen MR) is 115 cm³/mol. The van der Waals surface area contributed by atoms with E-state index < -0.39 is 0 Å². The van der Waals surface area contributed by atoms with Crippen molar-refractivity contribution < 1.29 is 19.0 Å². The van der Waals surface area contributed by atoms with Crippen molar-refractivity contribution in [3.63, 3.8) is 0 Å². The second-order valence-electron chi connectivity index (χ2n) is 8.25. The quantitative estimate of drug-likeness (QED) is 0.669. The number of hydrogen-bond acceptors (Lipinski definition) is 8. The molecule has 0 bridgehead atoms. The highest BCUT2D eigenvalue weighted by Gasteiger charge is 2.23. The number of benzene rings is 1. The topological polar surface area (TPSA) is 80.3 Å². The lowest BCUT2D eigenvalue weighted by Gasteiger charge is -2.37. The van der Waals surface area contributed by atoms with Gasteiger partial charge in [0.1, 0.15) is 19.0 Å². The van der Waals surface area contributed by atoms with Gasteiger partial charge in [0.05, 0.1) is 30.7 Å². The summed E-state index contributed by atoms with van der Waals surface area (Å²) in [5.41, 5.74) is 2.05. The van der Waals surface area contributed by atoms with Crippen LogP contribution in [0.2, 0.25) is 0 Å². The van der Waals surface area contributed by atoms with E-state index in [0.29, 0.717) is 25.6 Å². The number of anilines is 1. The standard InChI is InChI=1S/C22H29N5O4/c28-21-15-30-12-10-27(21)9-6-25-4-7-26(8-5-25)17-1-2-20-19(13-17)22(24-16-23-20)31-18-3-11-29-14-18/h1-2,13,16,18H,3-12,14-15H2. The molecular formula is C22H29N5O4. The first-order valence-corrected chi connectivity index (χ1v) is 11.1. The Morgan fingerprint density at radius 1 is 1.03 bits per heavy atom. The number of hydrogen-bond donors (Lipinski definition) is 0. The van der Waals surface area contributed by atoms with Crippen molar-refractivity contribution in [2.45, 2.75) is 12.5 Å². The Labute approximate surface area is 181 Å². The number of aromatic nitrogens is 2. The Balaban J connectivity index is 1.20. The van der Waals surface area contributed by atoms with Crippen LogP contribution in [0.4, 0.5) is 5.69 Å². The molecule has 1 amide bonds. The summed E-state index contributed by atoms with van der Waals surface area (Å²) in [4.78, 5) is 27.4. The van der Waals surface area contributed by atoms with Crippen LogP contribution in [0.15, 0.2) is 24.5 Å². The average Bonchev–Trinajstić information content (AvgIpc) is 3.32. The fraction of sp³-hybridized carbons (Fsp3) is 0.591. The lowest BCUT2D eigenvalue weighted by atomic mass is 10.2. The third-order valence-corrected chi connectivity index (χ3v) is 6.26. The summed E-state index contributed by atoms with van der Waals surface area (Å²) in [7, 11) is 0. The molecule has 3 saturated heterocycles. The third-order valence-electron chi connectivity index (χ3n) is 6.26. The van der Waals surface area contributed by atoms with Crippen LogP contribution in [-0.4, -0.2) is 104 Å². The normalized spacial score (nSPS) is 23.0. The Morgan fingerprint density at radius 2 is 1.94 bits per heavy atom. The van der Waals surface area contributed by atoms with Crippen LogP contribution in [0.25, 0.3) is 10.9 Å². The van der Waals surface area contributed by atoms with E-state index in [-0.39, 0.29) is 18.6 Å². The molecule has 3 aliphatic heterocycles. The lowest BCUT2D eigenvalue weighted by molar-refractivity contribution is -0.142. The average molecular weight is 428 g/mol. The van der Waals surface area contributed by atoms with E-state index in [2.05, 4.69) is 31.9 Å². The van der Waals surface area contributed by atoms with E-state index in [1.807, 2.05) is 11.0 Å². The lowest BCUT2D eigenvalue weighted by Crippen LogP contribution is -2.50. The molecule has 5 rings (SSSR count). The molecule has 166 valence electrons. The molecule has 2 aromatic rings. The van der Waals surface area contributed by atoms with Crippen molar-refractivity contribution in [3.8, 4) is 5.88 Å². The van der Waals surface area contributed by atoms with Gasteiger partial charge in [-0.3, -0.25) is 9.69 Å². The molecule has 3 aliphatic rings. The molecule has 4 heterocycles. The monoisotopic (exact) mass is 427 g/mol. The van der Waals surface area contributed by atoms with Gasteiger partial charge in [-0.05, 0) is 18.2 Å². The van der Waals surface area contributed by atoms with E-state index in [4.69, 9.17) is 14.2 Å². The first kappa shape index (κ1) is 20.4. The molecule has 31 heavy (non-hydrogen) atoms. The van der Waals surface area contributed by atoms with Crippen LogP contribution in [0, 0.1) is 0 Å². The number of ether oxygens (including phenoxy) is 3. The number of amides is 1. The summed E-state index contributed by atoms with van der Waals surface area (Å²) in [6.45, 7) is 8.46. The molecule has 1 unspecified atom stereocenters. The smallest absolute Gasteiger partial charge is 0.248 e. The van der Waals surface area contributed by atoms with Gasteiger partial charge >= 0.3 is 0 Å². The van der Waals surface area contributed by atoms with Crippen molar-refractivity contribution in [2.75, 3.05) is 77.1 Å². The van der Waals surface area contributed by atoms with Crippen LogP contribution >= 0.6 is 0 Å². The third kappa shape index (κ3) is 4.73. The molecule has 1 atom stereocenters. The molecule has 1 aromatic carbocycles. The van der Waals surface area contributed by atoms with Gasteiger partial charge in [-0.25, -0.2) is 9.97 Å². The predicted octanol–water partition coefficient (Wildman–Crippen LogP) is 0.778. The van der Waals surface area contributed by atoms with E-state index in [0.717, 1.165) is 68.9 Å². The van der Waals surface area contributed by atoms with Gasteiger partial charge in [0, 0.05) is 57.9 Å². The van der Waals surface area contributed by atoms with Crippen molar-refractivity contribution >= 4 is 22.5 Å². The number of nitrogens with zero attached hydrogens (tertiary/aromatic N) is 5. The van der Waals surface area contributed by atoms with Gasteiger partial charge in [-0.2, -0.15) is 0 Å². The molecule has 9 heteroatoms. The second kappa shape index (κ2) is 9.33. The highest BCUT2D eigenvalue weighted by atomic mass is 16.5. The Morgan fingerprint density at radius 3 is 2.74 bits per heavy atom. The van der Waals surface area contributed by atoms with E-state index >= 15 is 0 Å². The van der Waals surface area contributed by atoms with E-state index in [1.165, 1.54) is 0 Å². The summed E-state index contributed by atoms with van der Waals surface area (Å²) < 4.78 is 16.7. The molecule has 1 aromatic heterocycles. The maximum Gasteiger partial charge on any atom is 0.248 e. The molecule has 0 radical (unpaired) electrons. The van der Waals surface area contributed by atoms with E-state index in [1.54, 1.807) is 6.33 Å². The number of piperazine rings is 1. The second-order valence-corrected chi connectivity index (χ2v) is 8.25. The minimum Gasteiger partial charge on any atom is -0.471 e. The zero-order valence-electron chi connectivity index (χ0n) is 17.7. The maximum atomic E-state index is 11.9. The Hall–Kier alpha value is -2.49. The minimum absolute atomic E-state index is 0.0589. The fourth-order valence-electron chi connectivity index (χ4n) is 4.35. The van der Waals surface area contributed by atoms with Crippen LogP contribution in [0.1, 0.15) is 6.42 Å². The molecule has 0 aliphatic carbocycles. The summed E-state index contributed by atoms with van der Waals surface area (Å²) in [6, 6.07) is 6.31. The highest BCUT2D eigenvalue weighted by Crippen LogP contribution is 2.28. The van der Waals surface area contributed by atoms with Gasteiger partial charge in [0.15, 0.2) is 0 Å². The number of rotatable bonds is 6. The number of carbonyl (C=O) groups is 1. The summed E-state index contributed by atoms with van der Waals surface area (Å²) >= 11 is 0. The largest absolute Gasteiger partial charge is 0.471 e. The van der Waals surface area contributed by atoms with Gasteiger partial charge in [-0.15, -0.1) is 0 Å². The Kier molecular flexibility index (Phi) is 6.15. The molecule has 0 spiro atoms. The number of carbonyl (C=O) groups excluding carboxylic acids is 1. The highest BCUT2D eigenvalue weighted by molar-refractivity contribution is 5.86. The number of morpholine rings is 1. The molecule has 0 saturated carbocycles.